The molecule has 1 fully saturated rings. The summed E-state index contributed by atoms with van der Waals surface area (Å²) in [5.74, 6) is 0.638. The molecule has 1 aromatic heterocycles. The largest absolute Gasteiger partial charge is 0.334 e. The Labute approximate surface area is 124 Å². The number of carbonyl (C=O) groups is 1. The molecule has 0 spiro atoms. The third-order valence-electron chi connectivity index (χ3n) is 3.57. The van der Waals surface area contributed by atoms with Crippen LogP contribution in [0.4, 0.5) is 0 Å². The van der Waals surface area contributed by atoms with Gasteiger partial charge in [-0.1, -0.05) is 13.3 Å². The van der Waals surface area contributed by atoms with Crippen LogP contribution in [0.25, 0.3) is 0 Å². The van der Waals surface area contributed by atoms with Crippen molar-refractivity contribution >= 4 is 29.7 Å². The molecule has 0 radical (unpaired) electrons. The number of amides is 1. The van der Waals surface area contributed by atoms with Crippen molar-refractivity contribution in [3.05, 3.63) is 16.1 Å². The second-order valence-corrected chi connectivity index (χ2v) is 6.12. The van der Waals surface area contributed by atoms with E-state index in [1.807, 2.05) is 10.3 Å². The average Bonchev–Trinajstić information content (AvgIpc) is 2.77. The maximum absolute atomic E-state index is 12.5. The Hall–Kier alpha value is -0.650. The van der Waals surface area contributed by atoms with Gasteiger partial charge in [-0.15, -0.1) is 23.7 Å². The van der Waals surface area contributed by atoms with Gasteiger partial charge in [0.25, 0.3) is 5.91 Å². The molecule has 1 aromatic rings. The summed E-state index contributed by atoms with van der Waals surface area (Å²) in [4.78, 5) is 18.7. The number of nitrogens with zero attached hydrogens (tertiary/aromatic N) is 2. The third-order valence-corrected chi connectivity index (χ3v) is 4.44. The Bertz CT molecular complexity index is 424. The Morgan fingerprint density at radius 1 is 1.53 bits per heavy atom. The minimum atomic E-state index is 0. The fraction of sp³-hybridized carbons (Fsp3) is 0.692. The Kier molecular flexibility index (Phi) is 6.23. The zero-order chi connectivity index (χ0) is 13.1. The van der Waals surface area contributed by atoms with Crippen molar-refractivity contribution in [1.82, 2.24) is 9.88 Å². The van der Waals surface area contributed by atoms with Gasteiger partial charge in [-0.3, -0.25) is 4.79 Å². The summed E-state index contributed by atoms with van der Waals surface area (Å²) in [6.45, 7) is 5.59. The van der Waals surface area contributed by atoms with Crippen molar-refractivity contribution in [2.24, 2.45) is 11.7 Å². The first-order valence-corrected chi connectivity index (χ1v) is 7.45. The molecule has 0 aromatic carbocycles. The minimum Gasteiger partial charge on any atom is -0.334 e. The quantitative estimate of drug-likeness (QED) is 0.914. The lowest BCUT2D eigenvalue weighted by atomic mass is 10.1. The van der Waals surface area contributed by atoms with E-state index in [-0.39, 0.29) is 18.3 Å². The van der Waals surface area contributed by atoms with Gasteiger partial charge in [-0.05, 0) is 25.7 Å². The van der Waals surface area contributed by atoms with Crippen molar-refractivity contribution in [3.8, 4) is 0 Å². The molecule has 1 aliphatic heterocycles. The van der Waals surface area contributed by atoms with Gasteiger partial charge in [0.1, 0.15) is 10.7 Å². The summed E-state index contributed by atoms with van der Waals surface area (Å²) in [6.07, 6.45) is 3.50. The lowest BCUT2D eigenvalue weighted by Gasteiger charge is -2.28. The molecule has 1 aliphatic rings. The molecule has 6 heteroatoms. The number of likely N-dealkylation sites (tertiary alicyclic amines) is 1. The molecule has 0 saturated carbocycles. The van der Waals surface area contributed by atoms with Crippen molar-refractivity contribution in [2.45, 2.75) is 45.7 Å². The first kappa shape index (κ1) is 16.4. The van der Waals surface area contributed by atoms with Crippen molar-refractivity contribution < 1.29 is 4.79 Å². The van der Waals surface area contributed by atoms with E-state index in [0.717, 1.165) is 18.0 Å². The smallest absolute Gasteiger partial charge is 0.273 e. The topological polar surface area (TPSA) is 59.2 Å². The molecule has 0 aliphatic carbocycles. The van der Waals surface area contributed by atoms with Crippen LogP contribution in [-0.2, 0) is 6.54 Å². The maximum Gasteiger partial charge on any atom is 0.273 e. The number of hydrogen-bond acceptors (Lipinski definition) is 4. The highest BCUT2D eigenvalue weighted by atomic mass is 35.5. The molecule has 2 unspecified atom stereocenters. The Morgan fingerprint density at radius 3 is 2.89 bits per heavy atom. The van der Waals surface area contributed by atoms with Crippen LogP contribution in [0.3, 0.4) is 0 Å². The molecule has 19 heavy (non-hydrogen) atoms. The van der Waals surface area contributed by atoms with Crippen LogP contribution < -0.4 is 5.73 Å². The second-order valence-electron chi connectivity index (χ2n) is 5.17. The van der Waals surface area contributed by atoms with Gasteiger partial charge in [0.15, 0.2) is 0 Å². The molecule has 1 amide bonds. The van der Waals surface area contributed by atoms with Gasteiger partial charge in [0.2, 0.25) is 0 Å². The number of hydrogen-bond donors (Lipinski definition) is 1. The van der Waals surface area contributed by atoms with E-state index in [4.69, 9.17) is 5.73 Å². The van der Waals surface area contributed by atoms with E-state index >= 15 is 0 Å². The highest BCUT2D eigenvalue weighted by Gasteiger charge is 2.27. The first-order valence-electron chi connectivity index (χ1n) is 6.57. The van der Waals surface area contributed by atoms with Crippen molar-refractivity contribution in [3.63, 3.8) is 0 Å². The average molecular weight is 304 g/mol. The third kappa shape index (κ3) is 3.91. The van der Waals surface area contributed by atoms with Crippen LogP contribution in [0.5, 0.6) is 0 Å². The van der Waals surface area contributed by atoms with E-state index in [2.05, 4.69) is 18.8 Å². The highest BCUT2D eigenvalue weighted by molar-refractivity contribution is 7.09. The molecule has 1 saturated heterocycles. The van der Waals surface area contributed by atoms with Gasteiger partial charge < -0.3 is 10.6 Å². The van der Waals surface area contributed by atoms with E-state index in [1.165, 1.54) is 24.2 Å². The van der Waals surface area contributed by atoms with Crippen molar-refractivity contribution in [2.75, 3.05) is 6.54 Å². The predicted molar refractivity (Wildman–Crippen MR) is 80.8 cm³/mol. The maximum atomic E-state index is 12.5. The molecule has 2 heterocycles. The number of thiazole rings is 1. The summed E-state index contributed by atoms with van der Waals surface area (Å²) in [7, 11) is 0. The second kappa shape index (κ2) is 7.22. The summed E-state index contributed by atoms with van der Waals surface area (Å²) in [5, 5.41) is 2.65. The van der Waals surface area contributed by atoms with Crippen LogP contribution in [-0.4, -0.2) is 28.4 Å². The van der Waals surface area contributed by atoms with Crippen LogP contribution in [0.1, 0.15) is 48.6 Å². The lowest BCUT2D eigenvalue weighted by Crippen LogP contribution is -2.40. The van der Waals surface area contributed by atoms with E-state index in [0.29, 0.717) is 24.2 Å². The summed E-state index contributed by atoms with van der Waals surface area (Å²) in [5.41, 5.74) is 6.10. The number of rotatable bonds is 2. The van der Waals surface area contributed by atoms with Crippen LogP contribution in [0.15, 0.2) is 5.38 Å². The van der Waals surface area contributed by atoms with Gasteiger partial charge in [0.05, 0.1) is 0 Å². The molecule has 2 N–H and O–H groups in total. The molecule has 4 nitrogen and oxygen atoms in total. The monoisotopic (exact) mass is 303 g/mol. The van der Waals surface area contributed by atoms with Crippen LogP contribution >= 0.6 is 23.7 Å². The fourth-order valence-corrected chi connectivity index (χ4v) is 3.11. The summed E-state index contributed by atoms with van der Waals surface area (Å²) in [6, 6.07) is 0.311. The van der Waals surface area contributed by atoms with Gasteiger partial charge in [-0.2, -0.15) is 0 Å². The standard InChI is InChI=1S/C13H21N3OS.ClH/c1-9-4-3-5-10(2)16(7-9)13(17)11-8-18-12(6-14)15-11;/h8-10H,3-7,14H2,1-2H3;1H. The van der Waals surface area contributed by atoms with E-state index in [9.17, 15) is 4.79 Å². The first-order chi connectivity index (χ1) is 8.61. The Morgan fingerprint density at radius 2 is 2.26 bits per heavy atom. The van der Waals surface area contributed by atoms with Crippen LogP contribution in [0, 0.1) is 5.92 Å². The minimum absolute atomic E-state index is 0. The zero-order valence-corrected chi connectivity index (χ0v) is 13.1. The van der Waals surface area contributed by atoms with Gasteiger partial charge in [0, 0.05) is 24.5 Å². The molecular formula is C13H22ClN3OS. The molecule has 108 valence electrons. The SMILES string of the molecule is CC1CCCC(C)N(C(=O)c2csc(CN)n2)C1.Cl. The van der Waals surface area contributed by atoms with Gasteiger partial charge in [-0.25, -0.2) is 4.98 Å². The fourth-order valence-electron chi connectivity index (χ4n) is 2.46. The Balaban J connectivity index is 0.00000180. The summed E-state index contributed by atoms with van der Waals surface area (Å²) >= 11 is 1.47. The predicted octanol–water partition coefficient (Wildman–Crippen LogP) is 2.67. The lowest BCUT2D eigenvalue weighted by molar-refractivity contribution is 0.0672. The molecule has 0 bridgehead atoms. The number of nitrogens with two attached hydrogens (primary N) is 1. The zero-order valence-electron chi connectivity index (χ0n) is 11.5. The van der Waals surface area contributed by atoms with E-state index < -0.39 is 0 Å². The number of carbonyl (C=O) groups excluding carboxylic acids is 1. The number of aromatic nitrogens is 1. The van der Waals surface area contributed by atoms with Crippen LogP contribution in [0.2, 0.25) is 0 Å². The highest BCUT2D eigenvalue weighted by Crippen LogP contribution is 2.23. The normalized spacial score (nSPS) is 23.6. The van der Waals surface area contributed by atoms with E-state index in [1.54, 1.807) is 0 Å². The van der Waals surface area contributed by atoms with Gasteiger partial charge >= 0.3 is 0 Å². The van der Waals surface area contributed by atoms with Crippen molar-refractivity contribution in [1.29, 1.82) is 0 Å². The molecule has 2 atom stereocenters. The number of halogens is 1. The summed E-state index contributed by atoms with van der Waals surface area (Å²) < 4.78 is 0. The molecule has 2 rings (SSSR count). The molecular weight excluding hydrogens is 282 g/mol.